The van der Waals surface area contributed by atoms with Crippen LogP contribution in [-0.4, -0.2) is 41.8 Å². The highest BCUT2D eigenvalue weighted by atomic mass is 19.4. The van der Waals surface area contributed by atoms with Gasteiger partial charge >= 0.3 is 36.0 Å². The Labute approximate surface area is 121 Å². The smallest absolute Gasteiger partial charge is 0.299 e. The zero-order valence-electron chi connectivity index (χ0n) is 10.4. The highest BCUT2D eigenvalue weighted by Gasteiger charge is 2.92. The molecule has 2 atom stereocenters. The molecule has 0 aromatic carbocycles. The van der Waals surface area contributed by atoms with E-state index < -0.39 is 53.7 Å². The van der Waals surface area contributed by atoms with Gasteiger partial charge in [-0.15, -0.1) is 0 Å². The Hall–Kier alpha value is -1.31. The summed E-state index contributed by atoms with van der Waals surface area (Å²) in [5.41, 5.74) is -13.5. The number of rotatable bonds is 2. The zero-order valence-corrected chi connectivity index (χ0v) is 10.4. The maximum atomic E-state index is 13.4. The van der Waals surface area contributed by atoms with Crippen molar-refractivity contribution in [1.82, 2.24) is 0 Å². The molecule has 0 aromatic heterocycles. The van der Waals surface area contributed by atoms with Crippen LogP contribution in [0.4, 0.5) is 61.5 Å². The lowest BCUT2D eigenvalue weighted by Crippen LogP contribution is -2.59. The van der Waals surface area contributed by atoms with Gasteiger partial charge in [-0.25, -0.2) is 8.78 Å². The molecule has 0 amide bonds. The molecule has 0 heterocycles. The van der Waals surface area contributed by atoms with Crippen molar-refractivity contribution in [1.29, 1.82) is 0 Å². The Kier molecular flexibility index (Phi) is 4.20. The van der Waals surface area contributed by atoms with Gasteiger partial charge in [0, 0.05) is 0 Å². The van der Waals surface area contributed by atoms with Gasteiger partial charge in [0.1, 0.15) is 5.78 Å². The third-order valence-electron chi connectivity index (χ3n) is 3.34. The summed E-state index contributed by atoms with van der Waals surface area (Å²) in [4.78, 5) is 10.8. The van der Waals surface area contributed by atoms with Gasteiger partial charge in [0.05, 0.1) is 11.8 Å². The molecule has 0 saturated heterocycles. The van der Waals surface area contributed by atoms with Crippen molar-refractivity contribution in [3.63, 3.8) is 0 Å². The average molecular weight is 392 g/mol. The molecule has 24 heavy (non-hydrogen) atoms. The lowest BCUT2D eigenvalue weighted by molar-refractivity contribution is -0.368. The molecule has 1 aliphatic carbocycles. The number of carbonyl (C=O) groups excluding carboxylic acids is 1. The largest absolute Gasteiger partial charge is 0.432 e. The second-order valence-electron chi connectivity index (χ2n) is 4.77. The molecular weight excluding hydrogens is 390 g/mol. The minimum absolute atomic E-state index is 3.13. The van der Waals surface area contributed by atoms with Crippen molar-refractivity contribution in [2.45, 2.75) is 36.0 Å². The molecule has 1 saturated carbocycles. The van der Waals surface area contributed by atoms with E-state index in [2.05, 4.69) is 0 Å². The Morgan fingerprint density at radius 1 is 0.458 bits per heavy atom. The summed E-state index contributed by atoms with van der Waals surface area (Å²) in [6, 6.07) is 0. The average Bonchev–Trinajstić information content (AvgIpc) is 2.92. The zero-order chi connectivity index (χ0) is 19.7. The predicted molar refractivity (Wildman–Crippen MR) is 43.9 cm³/mol. The van der Waals surface area contributed by atoms with Crippen LogP contribution in [0.3, 0.4) is 0 Å². The molecule has 142 valence electrons. The van der Waals surface area contributed by atoms with Gasteiger partial charge in [0.15, 0.2) is 0 Å². The van der Waals surface area contributed by atoms with Crippen molar-refractivity contribution in [2.24, 2.45) is 11.8 Å². The summed E-state index contributed by atoms with van der Waals surface area (Å²) in [7, 11) is 0. The summed E-state index contributed by atoms with van der Waals surface area (Å²) in [6.45, 7) is 0. The Bertz CT molecular complexity index is 444. The van der Waals surface area contributed by atoms with Crippen LogP contribution in [0, 0.1) is 11.8 Å². The van der Waals surface area contributed by atoms with Gasteiger partial charge in [-0.1, -0.05) is 0 Å². The maximum absolute atomic E-state index is 13.4. The van der Waals surface area contributed by atoms with E-state index in [0.717, 1.165) is 0 Å². The summed E-state index contributed by atoms with van der Waals surface area (Å²) in [5, 5.41) is 0. The first-order valence-corrected chi connectivity index (χ1v) is 5.34. The Balaban J connectivity index is 3.55. The summed E-state index contributed by atoms with van der Waals surface area (Å²) in [6.07, 6.45) is -28.5. The topological polar surface area (TPSA) is 17.1 Å². The van der Waals surface area contributed by atoms with Crippen LogP contribution in [0.25, 0.3) is 0 Å². The van der Waals surface area contributed by atoms with Gasteiger partial charge in [-0.2, -0.15) is 52.7 Å². The molecule has 0 radical (unpaired) electrons. The fraction of sp³-hybridized carbons (Fsp3) is 0.889. The number of ketones is 1. The molecule has 0 spiro atoms. The van der Waals surface area contributed by atoms with Crippen molar-refractivity contribution in [3.8, 4) is 0 Å². The molecule has 1 rings (SSSR count). The lowest BCUT2D eigenvalue weighted by atomic mass is 9.89. The number of Topliss-reactive ketones (excluding diaryl/α,β-unsaturated/α-hetero) is 1. The fourth-order valence-corrected chi connectivity index (χ4v) is 2.12. The summed E-state index contributed by atoms with van der Waals surface area (Å²) >= 11 is 0. The van der Waals surface area contributed by atoms with Crippen LogP contribution in [0.15, 0.2) is 0 Å². The third kappa shape index (κ3) is 2.50. The minimum atomic E-state index is -7.11. The van der Waals surface area contributed by atoms with Gasteiger partial charge in [-0.3, -0.25) is 4.79 Å². The quantitative estimate of drug-likeness (QED) is 0.635. The Morgan fingerprint density at radius 2 is 0.625 bits per heavy atom. The van der Waals surface area contributed by atoms with Crippen LogP contribution in [0.5, 0.6) is 0 Å². The molecular formula is C9H2F14O. The molecule has 1 fully saturated rings. The monoisotopic (exact) mass is 392 g/mol. The van der Waals surface area contributed by atoms with E-state index in [1.165, 1.54) is 0 Å². The highest BCUT2D eigenvalue weighted by molar-refractivity contribution is 6.02. The van der Waals surface area contributed by atoms with Crippen molar-refractivity contribution < 1.29 is 66.3 Å². The number of hydrogen-bond donors (Lipinski definition) is 0. The molecule has 0 aromatic rings. The van der Waals surface area contributed by atoms with Crippen molar-refractivity contribution in [2.75, 3.05) is 0 Å². The number of halogens is 14. The first kappa shape index (κ1) is 20.7. The normalized spacial score (nSPS) is 24.3. The lowest BCUT2D eigenvalue weighted by Gasteiger charge is -2.33. The molecule has 2 unspecified atom stereocenters. The van der Waals surface area contributed by atoms with Crippen LogP contribution in [0.2, 0.25) is 0 Å². The van der Waals surface area contributed by atoms with Gasteiger partial charge < -0.3 is 0 Å². The van der Waals surface area contributed by atoms with Crippen LogP contribution < -0.4 is 0 Å². The molecule has 0 N–H and O–H groups in total. The van der Waals surface area contributed by atoms with E-state index in [1.54, 1.807) is 0 Å². The number of carbonyl (C=O) groups is 1. The standard InChI is InChI=1S/C9H2F14O/c10-4(6(12,13)14,7(15,16)17)1-2(3(1)24)5(11,8(18,19)20)9(21,22)23/h1-2H. The van der Waals surface area contributed by atoms with E-state index in [9.17, 15) is 66.3 Å². The second-order valence-corrected chi connectivity index (χ2v) is 4.77. The van der Waals surface area contributed by atoms with E-state index >= 15 is 0 Å². The van der Waals surface area contributed by atoms with E-state index in [1.807, 2.05) is 0 Å². The highest BCUT2D eigenvalue weighted by Crippen LogP contribution is 2.67. The first-order chi connectivity index (χ1) is 10.2. The van der Waals surface area contributed by atoms with Crippen molar-refractivity contribution >= 4 is 5.78 Å². The number of hydrogen-bond acceptors (Lipinski definition) is 1. The second kappa shape index (κ2) is 4.86. The fourth-order valence-electron chi connectivity index (χ4n) is 2.12. The third-order valence-corrected chi connectivity index (χ3v) is 3.34. The predicted octanol–water partition coefficient (Wildman–Crippen LogP) is 4.47. The maximum Gasteiger partial charge on any atom is 0.432 e. The van der Waals surface area contributed by atoms with Crippen molar-refractivity contribution in [3.05, 3.63) is 0 Å². The molecule has 1 aliphatic rings. The molecule has 1 nitrogen and oxygen atoms in total. The first-order valence-electron chi connectivity index (χ1n) is 5.34. The van der Waals surface area contributed by atoms with E-state index in [4.69, 9.17) is 0 Å². The van der Waals surface area contributed by atoms with E-state index in [0.29, 0.717) is 0 Å². The van der Waals surface area contributed by atoms with Gasteiger partial charge in [0.2, 0.25) is 0 Å². The van der Waals surface area contributed by atoms with Crippen LogP contribution in [0.1, 0.15) is 0 Å². The van der Waals surface area contributed by atoms with Crippen LogP contribution in [-0.2, 0) is 4.79 Å². The van der Waals surface area contributed by atoms with E-state index in [-0.39, 0.29) is 0 Å². The van der Waals surface area contributed by atoms with Gasteiger partial charge in [-0.05, 0) is 0 Å². The minimum Gasteiger partial charge on any atom is -0.299 e. The molecule has 15 heteroatoms. The number of alkyl halides is 14. The van der Waals surface area contributed by atoms with Gasteiger partial charge in [0.25, 0.3) is 0 Å². The summed E-state index contributed by atoms with van der Waals surface area (Å²) < 4.78 is 174. The molecule has 0 aliphatic heterocycles. The SMILES string of the molecule is O=C1C(C(F)(C(F)(F)F)C(F)(F)F)C1C(F)(C(F)(F)F)C(F)(F)F. The molecule has 0 bridgehead atoms. The summed E-state index contributed by atoms with van der Waals surface area (Å²) in [5.74, 6) is -12.3. The van der Waals surface area contributed by atoms with Crippen LogP contribution >= 0.6 is 0 Å². The Morgan fingerprint density at radius 3 is 0.750 bits per heavy atom.